The highest BCUT2D eigenvalue weighted by Gasteiger charge is 2.21. The Morgan fingerprint density at radius 3 is 2.26 bits per heavy atom. The number of halogens is 1. The summed E-state index contributed by atoms with van der Waals surface area (Å²) < 4.78 is 0. The van der Waals surface area contributed by atoms with Gasteiger partial charge in [0.15, 0.2) is 0 Å². The van der Waals surface area contributed by atoms with Crippen LogP contribution in [0.2, 0.25) is 0 Å². The maximum Gasteiger partial charge on any atom is 0.237 e. The van der Waals surface area contributed by atoms with Gasteiger partial charge in [-0.05, 0) is 33.0 Å². The fourth-order valence-corrected chi connectivity index (χ4v) is 2.28. The number of nitrogens with one attached hydrogen (secondary N) is 1. The molecule has 5 heteroatoms. The molecule has 19 heavy (non-hydrogen) atoms. The van der Waals surface area contributed by atoms with Crippen LogP contribution < -0.4 is 5.32 Å². The molecule has 0 aromatic heterocycles. The van der Waals surface area contributed by atoms with Gasteiger partial charge in [-0.3, -0.25) is 9.69 Å². The van der Waals surface area contributed by atoms with E-state index in [0.717, 1.165) is 25.9 Å². The normalized spacial score (nSPS) is 15.7. The van der Waals surface area contributed by atoms with Crippen molar-refractivity contribution in [1.29, 1.82) is 0 Å². The van der Waals surface area contributed by atoms with Crippen molar-refractivity contribution in [3.8, 4) is 0 Å². The average molecular weight is 288 g/mol. The molecule has 4 nitrogen and oxygen atoms in total. The third-order valence-electron chi connectivity index (χ3n) is 3.37. The minimum Gasteiger partial charge on any atom is -0.334 e. The number of carbonyl (C=O) groups excluding carboxylic acids is 1. The van der Waals surface area contributed by atoms with Gasteiger partial charge in [0.2, 0.25) is 5.91 Å². The number of hydrogen-bond acceptors (Lipinski definition) is 3. The van der Waals surface area contributed by atoms with Crippen molar-refractivity contribution in [2.75, 3.05) is 39.8 Å². The first-order valence-corrected chi connectivity index (χ1v) is 6.59. The Bertz CT molecular complexity index is 280. The first-order chi connectivity index (χ1) is 8.69. The molecule has 1 aliphatic heterocycles. The summed E-state index contributed by atoms with van der Waals surface area (Å²) in [6.45, 7) is 11.1. The molecule has 1 amide bonds. The Labute approximate surface area is 122 Å². The van der Waals surface area contributed by atoms with Gasteiger partial charge in [0.05, 0.1) is 6.54 Å². The SMILES string of the molecule is C=CCN(CC=C)C(=O)CN(C)C1CCNCC1.Cl. The molecular formula is C14H26ClN3O. The van der Waals surface area contributed by atoms with Crippen LogP contribution in [0, 0.1) is 0 Å². The van der Waals surface area contributed by atoms with E-state index in [0.29, 0.717) is 25.7 Å². The summed E-state index contributed by atoms with van der Waals surface area (Å²) in [5, 5.41) is 3.34. The molecular weight excluding hydrogens is 262 g/mol. The van der Waals surface area contributed by atoms with Crippen molar-refractivity contribution in [2.45, 2.75) is 18.9 Å². The topological polar surface area (TPSA) is 35.6 Å². The largest absolute Gasteiger partial charge is 0.334 e. The number of carbonyl (C=O) groups is 1. The van der Waals surface area contributed by atoms with Crippen LogP contribution in [0.1, 0.15) is 12.8 Å². The Morgan fingerprint density at radius 1 is 1.26 bits per heavy atom. The third-order valence-corrected chi connectivity index (χ3v) is 3.37. The molecule has 0 saturated carbocycles. The van der Waals surface area contributed by atoms with Crippen LogP contribution in [0.5, 0.6) is 0 Å². The quantitative estimate of drug-likeness (QED) is 0.717. The van der Waals surface area contributed by atoms with E-state index in [1.54, 1.807) is 17.1 Å². The van der Waals surface area contributed by atoms with Crippen LogP contribution >= 0.6 is 12.4 Å². The second-order valence-electron chi connectivity index (χ2n) is 4.77. The Morgan fingerprint density at radius 2 is 1.79 bits per heavy atom. The minimum atomic E-state index is 0. The van der Waals surface area contributed by atoms with E-state index in [2.05, 4.69) is 23.4 Å². The molecule has 0 radical (unpaired) electrons. The molecule has 0 atom stereocenters. The maximum atomic E-state index is 12.1. The maximum absolute atomic E-state index is 12.1. The summed E-state index contributed by atoms with van der Waals surface area (Å²) in [7, 11) is 2.04. The van der Waals surface area contributed by atoms with Crippen LogP contribution in [-0.2, 0) is 4.79 Å². The smallest absolute Gasteiger partial charge is 0.237 e. The summed E-state index contributed by atoms with van der Waals surface area (Å²) in [5.74, 6) is 0.149. The van der Waals surface area contributed by atoms with Crippen LogP contribution in [0.4, 0.5) is 0 Å². The molecule has 0 unspecified atom stereocenters. The predicted molar refractivity (Wildman–Crippen MR) is 82.7 cm³/mol. The molecule has 110 valence electrons. The Balaban J connectivity index is 0.00000324. The molecule has 0 aliphatic carbocycles. The van der Waals surface area contributed by atoms with E-state index in [4.69, 9.17) is 0 Å². The minimum absolute atomic E-state index is 0. The molecule has 1 aliphatic rings. The summed E-state index contributed by atoms with van der Waals surface area (Å²) >= 11 is 0. The number of nitrogens with zero attached hydrogens (tertiary/aromatic N) is 2. The van der Waals surface area contributed by atoms with Crippen LogP contribution in [-0.4, -0.2) is 61.5 Å². The predicted octanol–water partition coefficient (Wildman–Crippen LogP) is 1.29. The van der Waals surface area contributed by atoms with Crippen molar-refractivity contribution in [3.05, 3.63) is 25.3 Å². The van der Waals surface area contributed by atoms with Crippen molar-refractivity contribution in [3.63, 3.8) is 0 Å². The highest BCUT2D eigenvalue weighted by molar-refractivity contribution is 5.85. The lowest BCUT2D eigenvalue weighted by Gasteiger charge is -2.32. The van der Waals surface area contributed by atoms with E-state index >= 15 is 0 Å². The van der Waals surface area contributed by atoms with Gasteiger partial charge in [0, 0.05) is 19.1 Å². The summed E-state index contributed by atoms with van der Waals surface area (Å²) in [6, 6.07) is 0.518. The van der Waals surface area contributed by atoms with Crippen LogP contribution in [0.3, 0.4) is 0 Å². The number of hydrogen-bond donors (Lipinski definition) is 1. The first kappa shape index (κ1) is 18.2. The Kier molecular flexibility index (Phi) is 9.57. The zero-order chi connectivity index (χ0) is 13.4. The van der Waals surface area contributed by atoms with Crippen molar-refractivity contribution >= 4 is 18.3 Å². The zero-order valence-corrected chi connectivity index (χ0v) is 12.6. The van der Waals surface area contributed by atoms with Gasteiger partial charge in [-0.2, -0.15) is 0 Å². The average Bonchev–Trinajstić information content (AvgIpc) is 2.39. The van der Waals surface area contributed by atoms with Crippen molar-refractivity contribution in [2.24, 2.45) is 0 Å². The van der Waals surface area contributed by atoms with Gasteiger partial charge < -0.3 is 10.2 Å². The number of amides is 1. The van der Waals surface area contributed by atoms with E-state index in [1.165, 1.54) is 0 Å². The van der Waals surface area contributed by atoms with E-state index in [-0.39, 0.29) is 18.3 Å². The molecule has 1 heterocycles. The lowest BCUT2D eigenvalue weighted by atomic mass is 10.1. The molecule has 1 N–H and O–H groups in total. The standard InChI is InChI=1S/C14H25N3O.ClH/c1-4-10-17(11-5-2)14(18)12-16(3)13-6-8-15-9-7-13;/h4-5,13,15H,1-2,6-12H2,3H3;1H. The fraction of sp³-hybridized carbons (Fsp3) is 0.643. The lowest BCUT2D eigenvalue weighted by Crippen LogP contribution is -2.46. The Hall–Kier alpha value is -0.840. The lowest BCUT2D eigenvalue weighted by molar-refractivity contribution is -0.131. The molecule has 0 spiro atoms. The molecule has 1 rings (SSSR count). The van der Waals surface area contributed by atoms with Gasteiger partial charge in [-0.15, -0.1) is 25.6 Å². The summed E-state index contributed by atoms with van der Waals surface area (Å²) in [5.41, 5.74) is 0. The second-order valence-corrected chi connectivity index (χ2v) is 4.77. The van der Waals surface area contributed by atoms with Crippen LogP contribution in [0.15, 0.2) is 25.3 Å². The molecule has 0 bridgehead atoms. The van der Waals surface area contributed by atoms with Gasteiger partial charge in [0.25, 0.3) is 0 Å². The molecule has 0 aromatic carbocycles. The van der Waals surface area contributed by atoms with E-state index in [9.17, 15) is 4.79 Å². The highest BCUT2D eigenvalue weighted by atomic mass is 35.5. The zero-order valence-electron chi connectivity index (χ0n) is 11.8. The van der Waals surface area contributed by atoms with Crippen LogP contribution in [0.25, 0.3) is 0 Å². The van der Waals surface area contributed by atoms with Gasteiger partial charge >= 0.3 is 0 Å². The number of piperidine rings is 1. The summed E-state index contributed by atoms with van der Waals surface area (Å²) in [6.07, 6.45) is 5.75. The molecule has 1 fully saturated rings. The van der Waals surface area contributed by atoms with E-state index in [1.807, 2.05) is 7.05 Å². The molecule has 1 saturated heterocycles. The monoisotopic (exact) mass is 287 g/mol. The van der Waals surface area contributed by atoms with Crippen molar-refractivity contribution in [1.82, 2.24) is 15.1 Å². The fourth-order valence-electron chi connectivity index (χ4n) is 2.28. The summed E-state index contributed by atoms with van der Waals surface area (Å²) in [4.78, 5) is 16.1. The second kappa shape index (κ2) is 10.0. The highest BCUT2D eigenvalue weighted by Crippen LogP contribution is 2.09. The first-order valence-electron chi connectivity index (χ1n) is 6.59. The van der Waals surface area contributed by atoms with Gasteiger partial charge in [-0.1, -0.05) is 12.2 Å². The number of rotatable bonds is 7. The molecule has 0 aromatic rings. The van der Waals surface area contributed by atoms with Crippen molar-refractivity contribution < 1.29 is 4.79 Å². The van der Waals surface area contributed by atoms with Gasteiger partial charge in [0.1, 0.15) is 0 Å². The third kappa shape index (κ3) is 6.23. The number of likely N-dealkylation sites (N-methyl/N-ethyl adjacent to an activating group) is 1. The van der Waals surface area contributed by atoms with Gasteiger partial charge in [-0.25, -0.2) is 0 Å². The van der Waals surface area contributed by atoms with E-state index < -0.39 is 0 Å².